The molecule has 3 N–H and O–H groups in total. The Morgan fingerprint density at radius 2 is 2.38 bits per heavy atom. The molecule has 68 valence electrons. The van der Waals surface area contributed by atoms with Crippen molar-refractivity contribution in [2.75, 3.05) is 12.4 Å². The molecule has 0 saturated carbocycles. The van der Waals surface area contributed by atoms with E-state index in [1.54, 1.807) is 13.1 Å². The number of aryl methyl sites for hydroxylation is 1. The van der Waals surface area contributed by atoms with E-state index < -0.39 is 0 Å². The fourth-order valence-corrected chi connectivity index (χ4v) is 0.941. The first-order chi connectivity index (χ1) is 6.19. The largest absolute Gasteiger partial charge is 0.347 e. The maximum Gasteiger partial charge on any atom is 0.320 e. The van der Waals surface area contributed by atoms with Gasteiger partial charge in [0.2, 0.25) is 0 Å². The summed E-state index contributed by atoms with van der Waals surface area (Å²) in [7, 11) is 1.51. The van der Waals surface area contributed by atoms with Gasteiger partial charge in [-0.25, -0.2) is 4.79 Å². The predicted molar refractivity (Wildman–Crippen MR) is 48.3 cm³/mol. The molecule has 0 aliphatic heterocycles. The van der Waals surface area contributed by atoms with Crippen molar-refractivity contribution < 1.29 is 4.79 Å². The maximum atomic E-state index is 10.9. The van der Waals surface area contributed by atoms with Gasteiger partial charge in [0.05, 0.1) is 5.56 Å². The number of H-pyrrole nitrogens is 1. The van der Waals surface area contributed by atoms with Crippen LogP contribution in [0.2, 0.25) is 0 Å². The van der Waals surface area contributed by atoms with Crippen LogP contribution in [0.5, 0.6) is 0 Å². The number of nitriles is 1. The average Bonchev–Trinajstić information content (AvgIpc) is 2.46. The van der Waals surface area contributed by atoms with Crippen molar-refractivity contribution in [1.82, 2.24) is 10.3 Å². The second kappa shape index (κ2) is 3.63. The normalized spacial score (nSPS) is 9.00. The van der Waals surface area contributed by atoms with Gasteiger partial charge in [-0.3, -0.25) is 5.32 Å². The minimum Gasteiger partial charge on any atom is -0.347 e. The van der Waals surface area contributed by atoms with E-state index in [2.05, 4.69) is 15.6 Å². The van der Waals surface area contributed by atoms with Crippen LogP contribution in [0, 0.1) is 18.3 Å². The molecule has 1 aromatic rings. The summed E-state index contributed by atoms with van der Waals surface area (Å²) < 4.78 is 0. The van der Waals surface area contributed by atoms with Crippen molar-refractivity contribution in [2.24, 2.45) is 0 Å². The van der Waals surface area contributed by atoms with Crippen molar-refractivity contribution >= 4 is 11.8 Å². The number of nitrogens with one attached hydrogen (secondary N) is 3. The zero-order valence-corrected chi connectivity index (χ0v) is 7.43. The number of rotatable bonds is 1. The number of nitrogens with zero attached hydrogens (tertiary/aromatic N) is 1. The summed E-state index contributed by atoms with van der Waals surface area (Å²) >= 11 is 0. The van der Waals surface area contributed by atoms with E-state index in [0.717, 1.165) is 5.56 Å². The average molecular weight is 178 g/mol. The summed E-state index contributed by atoms with van der Waals surface area (Å²) in [5, 5.41) is 13.6. The van der Waals surface area contributed by atoms with Gasteiger partial charge >= 0.3 is 6.03 Å². The monoisotopic (exact) mass is 178 g/mol. The lowest BCUT2D eigenvalue weighted by Crippen LogP contribution is -2.25. The van der Waals surface area contributed by atoms with Gasteiger partial charge in [-0.15, -0.1) is 0 Å². The van der Waals surface area contributed by atoms with Gasteiger partial charge in [-0.1, -0.05) is 0 Å². The molecule has 1 aromatic heterocycles. The number of amides is 2. The van der Waals surface area contributed by atoms with Crippen LogP contribution in [0.25, 0.3) is 0 Å². The molecule has 0 radical (unpaired) electrons. The van der Waals surface area contributed by atoms with Crippen LogP contribution in [-0.2, 0) is 0 Å². The van der Waals surface area contributed by atoms with Gasteiger partial charge < -0.3 is 10.3 Å². The van der Waals surface area contributed by atoms with Gasteiger partial charge in [0.1, 0.15) is 11.9 Å². The topological polar surface area (TPSA) is 80.7 Å². The molecular formula is C8H10N4O. The Hall–Kier alpha value is -1.96. The zero-order chi connectivity index (χ0) is 9.84. The van der Waals surface area contributed by atoms with Crippen molar-refractivity contribution in [3.63, 3.8) is 0 Å². The third kappa shape index (κ3) is 1.79. The van der Waals surface area contributed by atoms with Crippen LogP contribution in [-0.4, -0.2) is 18.1 Å². The Labute approximate surface area is 75.8 Å². The lowest BCUT2D eigenvalue weighted by atomic mass is 10.2. The van der Waals surface area contributed by atoms with Crippen molar-refractivity contribution in [2.45, 2.75) is 6.92 Å². The molecule has 0 fully saturated rings. The lowest BCUT2D eigenvalue weighted by molar-refractivity contribution is 0.254. The fraction of sp³-hybridized carbons (Fsp3) is 0.250. The van der Waals surface area contributed by atoms with E-state index in [-0.39, 0.29) is 6.03 Å². The number of aromatic amines is 1. The van der Waals surface area contributed by atoms with Gasteiger partial charge in [0.15, 0.2) is 0 Å². The van der Waals surface area contributed by atoms with Crippen LogP contribution in [0.4, 0.5) is 10.6 Å². The molecule has 1 rings (SSSR count). The Bertz CT molecular complexity index is 361. The fourth-order valence-electron chi connectivity index (χ4n) is 0.941. The van der Waals surface area contributed by atoms with Crippen molar-refractivity contribution in [1.29, 1.82) is 5.26 Å². The van der Waals surface area contributed by atoms with E-state index in [1.807, 2.05) is 6.07 Å². The molecular weight excluding hydrogens is 168 g/mol. The third-order valence-electron chi connectivity index (χ3n) is 1.65. The van der Waals surface area contributed by atoms with Gasteiger partial charge in [-0.2, -0.15) is 5.26 Å². The number of anilines is 1. The first-order valence-electron chi connectivity index (χ1n) is 3.76. The lowest BCUT2D eigenvalue weighted by Gasteiger charge is -2.01. The SMILES string of the molecule is CNC(=O)Nc1[nH]cc(C)c1C#N. The van der Waals surface area contributed by atoms with Crippen LogP contribution >= 0.6 is 0 Å². The Balaban J connectivity index is 2.90. The molecule has 0 bridgehead atoms. The van der Waals surface area contributed by atoms with Gasteiger partial charge in [0, 0.05) is 13.2 Å². The first-order valence-corrected chi connectivity index (χ1v) is 3.76. The molecule has 0 aliphatic carbocycles. The number of carbonyl (C=O) groups is 1. The Morgan fingerprint density at radius 1 is 1.69 bits per heavy atom. The molecule has 5 nitrogen and oxygen atoms in total. The number of aromatic nitrogens is 1. The molecule has 5 heteroatoms. The van der Waals surface area contributed by atoms with Crippen molar-refractivity contribution in [3.8, 4) is 6.07 Å². The van der Waals surface area contributed by atoms with Crippen LogP contribution in [0.15, 0.2) is 6.20 Å². The Morgan fingerprint density at radius 3 is 2.92 bits per heavy atom. The third-order valence-corrected chi connectivity index (χ3v) is 1.65. The summed E-state index contributed by atoms with van der Waals surface area (Å²) in [6, 6.07) is 1.65. The van der Waals surface area contributed by atoms with Gasteiger partial charge in [-0.05, 0) is 12.5 Å². The number of hydrogen-bond acceptors (Lipinski definition) is 2. The van der Waals surface area contributed by atoms with E-state index in [1.165, 1.54) is 7.05 Å². The second-order valence-corrected chi connectivity index (χ2v) is 2.54. The Kier molecular flexibility index (Phi) is 2.55. The molecule has 0 unspecified atom stereocenters. The van der Waals surface area contributed by atoms with Crippen LogP contribution in [0.3, 0.4) is 0 Å². The molecule has 0 spiro atoms. The van der Waals surface area contributed by atoms with Crippen LogP contribution < -0.4 is 10.6 Å². The zero-order valence-electron chi connectivity index (χ0n) is 7.43. The molecule has 13 heavy (non-hydrogen) atoms. The highest BCUT2D eigenvalue weighted by atomic mass is 16.2. The highest BCUT2D eigenvalue weighted by molar-refractivity contribution is 5.89. The molecule has 0 atom stereocenters. The minimum absolute atomic E-state index is 0.349. The summed E-state index contributed by atoms with van der Waals surface area (Å²) in [6.07, 6.45) is 1.67. The molecule has 0 aliphatic rings. The number of urea groups is 1. The summed E-state index contributed by atoms with van der Waals surface area (Å²) in [5.74, 6) is 0.430. The highest BCUT2D eigenvalue weighted by Crippen LogP contribution is 2.16. The summed E-state index contributed by atoms with van der Waals surface area (Å²) in [5.41, 5.74) is 1.28. The highest BCUT2D eigenvalue weighted by Gasteiger charge is 2.08. The first kappa shape index (κ1) is 9.13. The molecule has 1 heterocycles. The molecule has 2 amide bonds. The van der Waals surface area contributed by atoms with E-state index in [9.17, 15) is 4.79 Å². The summed E-state index contributed by atoms with van der Waals surface area (Å²) in [6.45, 7) is 1.80. The van der Waals surface area contributed by atoms with E-state index >= 15 is 0 Å². The second-order valence-electron chi connectivity index (χ2n) is 2.54. The van der Waals surface area contributed by atoms with Crippen molar-refractivity contribution in [3.05, 3.63) is 17.3 Å². The maximum absolute atomic E-state index is 10.9. The molecule has 0 saturated heterocycles. The minimum atomic E-state index is -0.349. The number of carbonyl (C=O) groups excluding carboxylic acids is 1. The van der Waals surface area contributed by atoms with Crippen LogP contribution in [0.1, 0.15) is 11.1 Å². The van der Waals surface area contributed by atoms with E-state index in [4.69, 9.17) is 5.26 Å². The predicted octanol–water partition coefficient (Wildman–Crippen LogP) is 0.946. The number of hydrogen-bond donors (Lipinski definition) is 3. The molecule has 0 aromatic carbocycles. The van der Waals surface area contributed by atoms with E-state index in [0.29, 0.717) is 11.4 Å². The van der Waals surface area contributed by atoms with Gasteiger partial charge in [0.25, 0.3) is 0 Å². The quantitative estimate of drug-likeness (QED) is 0.598. The smallest absolute Gasteiger partial charge is 0.320 e. The standard InChI is InChI=1S/C8H10N4O/c1-5-4-11-7(6(5)3-9)12-8(13)10-2/h4,11H,1-2H3,(H2,10,12,13). The summed E-state index contributed by atoms with van der Waals surface area (Å²) in [4.78, 5) is 13.7.